The predicted molar refractivity (Wildman–Crippen MR) is 115 cm³/mol. The van der Waals surface area contributed by atoms with E-state index in [0.29, 0.717) is 21.5 Å². The third kappa shape index (κ3) is 3.86. The number of rotatable bonds is 5. The molecule has 0 spiro atoms. The van der Waals surface area contributed by atoms with E-state index in [4.69, 9.17) is 4.74 Å². The number of ether oxygens (including phenoxy) is 1. The average Bonchev–Trinajstić information content (AvgIpc) is 3.07. The van der Waals surface area contributed by atoms with E-state index in [1.807, 2.05) is 7.05 Å². The van der Waals surface area contributed by atoms with E-state index < -0.39 is 11.9 Å². The normalized spacial score (nSPS) is 13.8. The van der Waals surface area contributed by atoms with Crippen LogP contribution < -0.4 is 10.9 Å². The molecule has 4 rings (SSSR count). The molecule has 1 aliphatic heterocycles. The second-order valence-electron chi connectivity index (χ2n) is 7.16. The number of carbonyl (C=O) groups is 2. The summed E-state index contributed by atoms with van der Waals surface area (Å²) in [6.07, 6.45) is 2.09. The van der Waals surface area contributed by atoms with E-state index in [1.54, 1.807) is 31.2 Å². The summed E-state index contributed by atoms with van der Waals surface area (Å²) in [5.41, 5.74) is 1.67. The van der Waals surface area contributed by atoms with Crippen molar-refractivity contribution in [1.82, 2.24) is 14.5 Å². The number of carbonyl (C=O) groups excluding carboxylic acids is 2. The molecule has 9 heteroatoms. The maximum atomic E-state index is 12.7. The molecule has 1 aliphatic rings. The second kappa shape index (κ2) is 8.37. The van der Waals surface area contributed by atoms with Gasteiger partial charge in [-0.1, -0.05) is 12.1 Å². The average molecular weight is 426 g/mol. The number of anilines is 1. The first-order valence-electron chi connectivity index (χ1n) is 9.72. The van der Waals surface area contributed by atoms with E-state index in [1.165, 1.54) is 22.2 Å². The molecule has 0 unspecified atom stereocenters. The number of nitrogens with one attached hydrogen (secondary N) is 1. The van der Waals surface area contributed by atoms with Crippen molar-refractivity contribution in [2.75, 3.05) is 25.5 Å². The molecule has 8 nitrogen and oxygen atoms in total. The molecule has 3 aromatic rings. The Labute approximate surface area is 177 Å². The molecule has 2 aromatic heterocycles. The second-order valence-corrected chi connectivity index (χ2v) is 8.26. The van der Waals surface area contributed by atoms with E-state index in [-0.39, 0.29) is 18.7 Å². The highest BCUT2D eigenvalue weighted by Gasteiger charge is 2.28. The maximum absolute atomic E-state index is 12.7. The molecule has 30 heavy (non-hydrogen) atoms. The van der Waals surface area contributed by atoms with Crippen molar-refractivity contribution in [1.29, 1.82) is 0 Å². The van der Waals surface area contributed by atoms with Gasteiger partial charge in [-0.25, -0.2) is 9.78 Å². The summed E-state index contributed by atoms with van der Waals surface area (Å²) in [5.74, 6) is -0.828. The van der Waals surface area contributed by atoms with Crippen molar-refractivity contribution >= 4 is 39.1 Å². The van der Waals surface area contributed by atoms with Gasteiger partial charge in [0.2, 0.25) is 5.91 Å². The monoisotopic (exact) mass is 426 g/mol. The lowest BCUT2D eigenvalue weighted by molar-refractivity contribution is -0.116. The highest BCUT2D eigenvalue weighted by atomic mass is 32.1. The summed E-state index contributed by atoms with van der Waals surface area (Å²) in [7, 11) is 2.02. The van der Waals surface area contributed by atoms with Crippen LogP contribution in [0.3, 0.4) is 0 Å². The van der Waals surface area contributed by atoms with Crippen molar-refractivity contribution in [2.24, 2.45) is 0 Å². The van der Waals surface area contributed by atoms with Crippen LogP contribution in [-0.4, -0.2) is 46.5 Å². The fraction of sp³-hybridized carbons (Fsp3) is 0.333. The van der Waals surface area contributed by atoms with Crippen LogP contribution in [0, 0.1) is 0 Å². The Kier molecular flexibility index (Phi) is 5.65. The first-order chi connectivity index (χ1) is 14.5. The van der Waals surface area contributed by atoms with Gasteiger partial charge in [0.05, 0.1) is 29.4 Å². The smallest absolute Gasteiger partial charge is 0.341 e. The summed E-state index contributed by atoms with van der Waals surface area (Å²) >= 11 is 1.39. The van der Waals surface area contributed by atoms with Crippen LogP contribution in [0.15, 0.2) is 35.4 Å². The zero-order chi connectivity index (χ0) is 21.3. The zero-order valence-corrected chi connectivity index (χ0v) is 17.6. The molecule has 0 atom stereocenters. The SMILES string of the molecule is CCOC(=O)c1c(NC(=O)Cn2cnc3ccccc3c2=O)sc2c1CCN(C)C2. The highest BCUT2D eigenvalue weighted by Crippen LogP contribution is 2.37. The molecule has 0 saturated heterocycles. The molecule has 3 heterocycles. The highest BCUT2D eigenvalue weighted by molar-refractivity contribution is 7.17. The molecule has 0 bridgehead atoms. The molecular weight excluding hydrogens is 404 g/mol. The van der Waals surface area contributed by atoms with Gasteiger partial charge in [-0.05, 0) is 38.1 Å². The minimum absolute atomic E-state index is 0.193. The van der Waals surface area contributed by atoms with Gasteiger partial charge in [-0.3, -0.25) is 14.2 Å². The predicted octanol–water partition coefficient (Wildman–Crippen LogP) is 2.26. The molecule has 0 saturated carbocycles. The van der Waals surface area contributed by atoms with Gasteiger partial charge >= 0.3 is 5.97 Å². The number of hydrogen-bond donors (Lipinski definition) is 1. The minimum atomic E-state index is -0.431. The number of amides is 1. The molecule has 1 N–H and O–H groups in total. The molecular formula is C21H22N4O4S. The zero-order valence-electron chi connectivity index (χ0n) is 16.8. The number of hydrogen-bond acceptors (Lipinski definition) is 7. The maximum Gasteiger partial charge on any atom is 0.341 e. The number of benzene rings is 1. The number of nitrogens with zero attached hydrogens (tertiary/aromatic N) is 3. The minimum Gasteiger partial charge on any atom is -0.462 e. The van der Waals surface area contributed by atoms with Crippen molar-refractivity contribution in [3.8, 4) is 0 Å². The largest absolute Gasteiger partial charge is 0.462 e. The number of likely N-dealkylation sites (N-methyl/N-ethyl adjacent to an activating group) is 1. The van der Waals surface area contributed by atoms with Crippen LogP contribution in [0.4, 0.5) is 5.00 Å². The lowest BCUT2D eigenvalue weighted by atomic mass is 10.0. The van der Waals surface area contributed by atoms with Crippen LogP contribution >= 0.6 is 11.3 Å². The fourth-order valence-electron chi connectivity index (χ4n) is 3.58. The molecule has 156 valence electrons. The van der Waals surface area contributed by atoms with Gasteiger partial charge in [0, 0.05) is 18.0 Å². The summed E-state index contributed by atoms with van der Waals surface area (Å²) in [6, 6.07) is 7.00. The first-order valence-corrected chi connectivity index (χ1v) is 10.5. The number of para-hydroxylation sites is 1. The Balaban J connectivity index is 1.61. The van der Waals surface area contributed by atoms with Gasteiger partial charge < -0.3 is 15.0 Å². The quantitative estimate of drug-likeness (QED) is 0.629. The topological polar surface area (TPSA) is 93.5 Å². The van der Waals surface area contributed by atoms with Gasteiger partial charge in [0.15, 0.2) is 0 Å². The molecule has 0 radical (unpaired) electrons. The summed E-state index contributed by atoms with van der Waals surface area (Å²) < 4.78 is 6.49. The van der Waals surface area contributed by atoms with E-state index in [2.05, 4.69) is 15.2 Å². The lowest BCUT2D eigenvalue weighted by Crippen LogP contribution is -2.28. The van der Waals surface area contributed by atoms with Gasteiger partial charge in [-0.15, -0.1) is 11.3 Å². The third-order valence-corrected chi connectivity index (χ3v) is 6.16. The van der Waals surface area contributed by atoms with Crippen molar-refractivity contribution in [3.05, 3.63) is 57.0 Å². The van der Waals surface area contributed by atoms with E-state index in [9.17, 15) is 14.4 Å². The van der Waals surface area contributed by atoms with Crippen LogP contribution in [-0.2, 0) is 29.0 Å². The Morgan fingerprint density at radius 2 is 2.10 bits per heavy atom. The van der Waals surface area contributed by atoms with Gasteiger partial charge in [0.25, 0.3) is 5.56 Å². The third-order valence-electron chi connectivity index (χ3n) is 5.03. The molecule has 1 amide bonds. The first kappa shape index (κ1) is 20.2. The molecule has 0 aliphatic carbocycles. The number of esters is 1. The van der Waals surface area contributed by atoms with Crippen LogP contribution in [0.2, 0.25) is 0 Å². The van der Waals surface area contributed by atoms with Crippen LogP contribution in [0.1, 0.15) is 27.7 Å². The summed E-state index contributed by atoms with van der Waals surface area (Å²) in [6.45, 7) is 3.37. The molecule has 0 fully saturated rings. The number of aromatic nitrogens is 2. The van der Waals surface area contributed by atoms with E-state index in [0.717, 1.165) is 30.0 Å². The van der Waals surface area contributed by atoms with E-state index >= 15 is 0 Å². The standard InChI is InChI=1S/C21H22N4O4S/c1-3-29-21(28)18-14-8-9-24(2)10-16(14)30-19(18)23-17(26)11-25-12-22-15-7-5-4-6-13(15)20(25)27/h4-7,12H,3,8-11H2,1-2H3,(H,23,26). The van der Waals surface area contributed by atoms with Crippen molar-refractivity contribution in [2.45, 2.75) is 26.4 Å². The Hall–Kier alpha value is -3.04. The van der Waals surface area contributed by atoms with Crippen LogP contribution in [0.25, 0.3) is 10.9 Å². The van der Waals surface area contributed by atoms with Gasteiger partial charge in [-0.2, -0.15) is 0 Å². The Bertz CT molecular complexity index is 1180. The lowest BCUT2D eigenvalue weighted by Gasteiger charge is -2.22. The van der Waals surface area contributed by atoms with Crippen molar-refractivity contribution in [3.63, 3.8) is 0 Å². The van der Waals surface area contributed by atoms with Crippen LogP contribution in [0.5, 0.6) is 0 Å². The molecule has 1 aromatic carbocycles. The Morgan fingerprint density at radius 3 is 2.90 bits per heavy atom. The Morgan fingerprint density at radius 1 is 1.30 bits per heavy atom. The van der Waals surface area contributed by atoms with Crippen molar-refractivity contribution < 1.29 is 14.3 Å². The summed E-state index contributed by atoms with van der Waals surface area (Å²) in [5, 5.41) is 3.74. The summed E-state index contributed by atoms with van der Waals surface area (Å²) in [4.78, 5) is 45.4. The number of thiophene rings is 1. The fourth-order valence-corrected chi connectivity index (χ4v) is 4.91. The van der Waals surface area contributed by atoms with Gasteiger partial charge in [0.1, 0.15) is 11.5 Å². The number of fused-ring (bicyclic) bond motifs is 2.